The molecule has 0 bridgehead atoms. The SMILES string of the molecule is CC(C)N1CCC(NC(=O)c2csc(Nc3nccc([C@@H]4CCCN4CC#N)n3)n2)CC1. The van der Waals surface area contributed by atoms with Gasteiger partial charge in [0.25, 0.3) is 5.91 Å². The van der Waals surface area contributed by atoms with Gasteiger partial charge in [0.05, 0.1) is 24.3 Å². The van der Waals surface area contributed by atoms with E-state index < -0.39 is 0 Å². The number of carbonyl (C=O) groups is 1. The van der Waals surface area contributed by atoms with Crippen molar-refractivity contribution in [2.75, 3.05) is 31.5 Å². The van der Waals surface area contributed by atoms with Gasteiger partial charge < -0.3 is 15.5 Å². The standard InChI is InChI=1S/C22H30N8OS/c1-15(2)29-11-6-16(7-12-29)25-20(31)18-14-32-22(27-18)28-21-24-9-5-17(26-21)19-4-3-10-30(19)13-8-23/h5,9,14-16,19H,3-4,6-7,10-13H2,1-2H3,(H,25,31)(H,24,26,27,28)/t19-/m0/s1. The Labute approximate surface area is 192 Å². The average molecular weight is 455 g/mol. The number of nitrogens with one attached hydrogen (secondary N) is 2. The van der Waals surface area contributed by atoms with E-state index in [9.17, 15) is 4.79 Å². The van der Waals surface area contributed by atoms with Gasteiger partial charge in [0.2, 0.25) is 5.95 Å². The van der Waals surface area contributed by atoms with Gasteiger partial charge in [-0.05, 0) is 52.1 Å². The van der Waals surface area contributed by atoms with Crippen LogP contribution in [0.5, 0.6) is 0 Å². The van der Waals surface area contributed by atoms with Crippen molar-refractivity contribution in [3.8, 4) is 6.07 Å². The zero-order valence-corrected chi connectivity index (χ0v) is 19.4. The highest BCUT2D eigenvalue weighted by molar-refractivity contribution is 7.14. The minimum absolute atomic E-state index is 0.134. The maximum absolute atomic E-state index is 12.6. The summed E-state index contributed by atoms with van der Waals surface area (Å²) in [6.07, 6.45) is 5.68. The lowest BCUT2D eigenvalue weighted by Gasteiger charge is -2.34. The Kier molecular flexibility index (Phi) is 7.29. The number of carbonyl (C=O) groups excluding carboxylic acids is 1. The number of amides is 1. The number of nitriles is 1. The molecule has 170 valence electrons. The van der Waals surface area contributed by atoms with Crippen molar-refractivity contribution in [1.82, 2.24) is 30.1 Å². The van der Waals surface area contributed by atoms with Crippen molar-refractivity contribution in [3.05, 3.63) is 29.0 Å². The zero-order chi connectivity index (χ0) is 22.5. The van der Waals surface area contributed by atoms with Gasteiger partial charge in [-0.15, -0.1) is 11.3 Å². The lowest BCUT2D eigenvalue weighted by atomic mass is 10.0. The molecule has 2 saturated heterocycles. The highest BCUT2D eigenvalue weighted by atomic mass is 32.1. The molecule has 1 amide bonds. The lowest BCUT2D eigenvalue weighted by Crippen LogP contribution is -2.46. The highest BCUT2D eigenvalue weighted by Crippen LogP contribution is 2.31. The van der Waals surface area contributed by atoms with Crippen molar-refractivity contribution in [1.29, 1.82) is 5.26 Å². The fourth-order valence-corrected chi connectivity index (χ4v) is 5.09. The lowest BCUT2D eigenvalue weighted by molar-refractivity contribution is 0.0896. The van der Waals surface area contributed by atoms with E-state index in [-0.39, 0.29) is 18.0 Å². The van der Waals surface area contributed by atoms with Gasteiger partial charge in [0, 0.05) is 36.8 Å². The molecule has 10 heteroatoms. The smallest absolute Gasteiger partial charge is 0.271 e. The molecule has 2 aromatic rings. The van der Waals surface area contributed by atoms with E-state index in [4.69, 9.17) is 5.26 Å². The highest BCUT2D eigenvalue weighted by Gasteiger charge is 2.27. The van der Waals surface area contributed by atoms with Crippen LogP contribution in [0.3, 0.4) is 0 Å². The van der Waals surface area contributed by atoms with Gasteiger partial charge in [0.1, 0.15) is 5.69 Å². The first-order valence-corrected chi connectivity index (χ1v) is 12.1. The van der Waals surface area contributed by atoms with E-state index in [1.54, 1.807) is 11.6 Å². The summed E-state index contributed by atoms with van der Waals surface area (Å²) in [6.45, 7) is 7.74. The fraction of sp³-hybridized carbons (Fsp3) is 0.591. The summed E-state index contributed by atoms with van der Waals surface area (Å²) >= 11 is 1.36. The summed E-state index contributed by atoms with van der Waals surface area (Å²) in [5.74, 6) is 0.318. The van der Waals surface area contributed by atoms with Crippen molar-refractivity contribution >= 4 is 28.3 Å². The molecule has 2 fully saturated rings. The predicted octanol–water partition coefficient (Wildman–Crippen LogP) is 2.94. The van der Waals surface area contributed by atoms with Crippen LogP contribution in [0.1, 0.15) is 61.8 Å². The Morgan fingerprint density at radius 2 is 2.09 bits per heavy atom. The van der Waals surface area contributed by atoms with Crippen LogP contribution in [-0.2, 0) is 0 Å². The Morgan fingerprint density at radius 3 is 2.84 bits per heavy atom. The van der Waals surface area contributed by atoms with Gasteiger partial charge >= 0.3 is 0 Å². The largest absolute Gasteiger partial charge is 0.348 e. The molecule has 4 rings (SSSR count). The molecule has 0 spiro atoms. The van der Waals surface area contributed by atoms with Crippen LogP contribution in [-0.4, -0.2) is 68.9 Å². The number of piperidine rings is 1. The predicted molar refractivity (Wildman–Crippen MR) is 124 cm³/mol. The first-order chi connectivity index (χ1) is 15.5. The molecule has 4 heterocycles. The molecule has 0 radical (unpaired) electrons. The van der Waals surface area contributed by atoms with Crippen LogP contribution in [0.4, 0.5) is 11.1 Å². The Bertz CT molecular complexity index is 963. The molecule has 0 aliphatic carbocycles. The first kappa shape index (κ1) is 22.6. The van der Waals surface area contributed by atoms with Gasteiger partial charge in [-0.3, -0.25) is 9.69 Å². The molecule has 2 aliphatic heterocycles. The summed E-state index contributed by atoms with van der Waals surface area (Å²) in [6, 6.07) is 5.01. The Morgan fingerprint density at radius 1 is 1.28 bits per heavy atom. The molecular formula is C22H30N8OS. The Hall–Kier alpha value is -2.61. The summed E-state index contributed by atoms with van der Waals surface area (Å²) in [7, 11) is 0. The first-order valence-electron chi connectivity index (χ1n) is 11.2. The molecule has 2 aliphatic rings. The van der Waals surface area contributed by atoms with Crippen LogP contribution >= 0.6 is 11.3 Å². The maximum atomic E-state index is 12.6. The van der Waals surface area contributed by atoms with Gasteiger partial charge in [0.15, 0.2) is 5.13 Å². The minimum Gasteiger partial charge on any atom is -0.348 e. The van der Waals surface area contributed by atoms with E-state index in [0.717, 1.165) is 51.0 Å². The van der Waals surface area contributed by atoms with Crippen LogP contribution in [0.2, 0.25) is 0 Å². The van der Waals surface area contributed by atoms with Gasteiger partial charge in [-0.1, -0.05) is 0 Å². The van der Waals surface area contributed by atoms with Gasteiger partial charge in [-0.25, -0.2) is 15.0 Å². The van der Waals surface area contributed by atoms with Crippen LogP contribution in [0, 0.1) is 11.3 Å². The number of nitrogens with zero attached hydrogens (tertiary/aromatic N) is 6. The van der Waals surface area contributed by atoms with Crippen molar-refractivity contribution in [2.45, 2.75) is 57.7 Å². The normalized spacial score (nSPS) is 20.4. The van der Waals surface area contributed by atoms with E-state index in [0.29, 0.717) is 29.4 Å². The number of hydrogen-bond donors (Lipinski definition) is 2. The van der Waals surface area contributed by atoms with Crippen molar-refractivity contribution in [3.63, 3.8) is 0 Å². The van der Waals surface area contributed by atoms with E-state index in [1.807, 2.05) is 6.07 Å². The van der Waals surface area contributed by atoms with E-state index in [1.165, 1.54) is 11.3 Å². The fourth-order valence-electron chi connectivity index (χ4n) is 4.41. The second-order valence-electron chi connectivity index (χ2n) is 8.63. The quantitative estimate of drug-likeness (QED) is 0.615. The molecule has 2 aromatic heterocycles. The number of rotatable bonds is 7. The number of likely N-dealkylation sites (tertiary alicyclic amines) is 2. The third-order valence-corrected chi connectivity index (χ3v) is 6.96. The molecule has 0 saturated carbocycles. The average Bonchev–Trinajstić information content (AvgIpc) is 3.44. The topological polar surface area (TPSA) is 110 Å². The molecule has 0 unspecified atom stereocenters. The number of aromatic nitrogens is 3. The molecule has 32 heavy (non-hydrogen) atoms. The third-order valence-electron chi connectivity index (χ3n) is 6.21. The Balaban J connectivity index is 1.34. The monoisotopic (exact) mass is 454 g/mol. The minimum atomic E-state index is -0.134. The second-order valence-corrected chi connectivity index (χ2v) is 9.49. The zero-order valence-electron chi connectivity index (χ0n) is 18.6. The van der Waals surface area contributed by atoms with Crippen LogP contribution < -0.4 is 10.6 Å². The molecule has 1 atom stereocenters. The van der Waals surface area contributed by atoms with Crippen LogP contribution in [0.15, 0.2) is 17.6 Å². The molecule has 0 aromatic carbocycles. The number of thiazole rings is 1. The van der Waals surface area contributed by atoms with Crippen molar-refractivity contribution < 1.29 is 4.79 Å². The second kappa shape index (κ2) is 10.3. The van der Waals surface area contributed by atoms with Gasteiger partial charge in [-0.2, -0.15) is 5.26 Å². The van der Waals surface area contributed by atoms with E-state index in [2.05, 4.69) is 55.3 Å². The van der Waals surface area contributed by atoms with Crippen LogP contribution in [0.25, 0.3) is 0 Å². The third kappa shape index (κ3) is 5.41. The maximum Gasteiger partial charge on any atom is 0.271 e. The molecule has 9 nitrogen and oxygen atoms in total. The van der Waals surface area contributed by atoms with Crippen molar-refractivity contribution in [2.24, 2.45) is 0 Å². The van der Waals surface area contributed by atoms with E-state index >= 15 is 0 Å². The summed E-state index contributed by atoms with van der Waals surface area (Å²) in [5, 5.41) is 17.6. The summed E-state index contributed by atoms with van der Waals surface area (Å²) in [5.41, 5.74) is 1.31. The number of hydrogen-bond acceptors (Lipinski definition) is 9. The molecular weight excluding hydrogens is 424 g/mol. The summed E-state index contributed by atoms with van der Waals surface area (Å²) < 4.78 is 0. The molecule has 2 N–H and O–H groups in total. The summed E-state index contributed by atoms with van der Waals surface area (Å²) in [4.78, 5) is 30.6. The number of anilines is 2.